The van der Waals surface area contributed by atoms with E-state index in [1.54, 1.807) is 0 Å². The summed E-state index contributed by atoms with van der Waals surface area (Å²) < 4.78 is 5.58. The lowest BCUT2D eigenvalue weighted by Crippen LogP contribution is -2.48. The Morgan fingerprint density at radius 2 is 2.00 bits per heavy atom. The number of aliphatic imine (C=N–C) groups is 1. The number of guanidine groups is 1. The third-order valence-corrected chi connectivity index (χ3v) is 4.85. The maximum absolute atomic E-state index is 5.58. The van der Waals surface area contributed by atoms with E-state index in [1.807, 2.05) is 33.9 Å². The number of halogens is 1. The number of aryl methyl sites for hydroxylation is 3. The highest BCUT2D eigenvalue weighted by Crippen LogP contribution is 2.18. The summed E-state index contributed by atoms with van der Waals surface area (Å²) in [6.45, 7) is 8.73. The van der Waals surface area contributed by atoms with E-state index in [1.165, 1.54) is 5.56 Å². The van der Waals surface area contributed by atoms with Crippen molar-refractivity contribution in [2.24, 2.45) is 4.99 Å². The van der Waals surface area contributed by atoms with Gasteiger partial charge >= 0.3 is 0 Å². The largest absolute Gasteiger partial charge is 0.466 e. The van der Waals surface area contributed by atoms with Crippen LogP contribution in [0.15, 0.2) is 33.7 Å². The maximum atomic E-state index is 5.58. The Bertz CT molecular complexity index is 765. The molecule has 0 atom stereocenters. The van der Waals surface area contributed by atoms with E-state index in [4.69, 9.17) is 4.42 Å². The molecule has 1 saturated heterocycles. The Balaban J connectivity index is 0.00000261. The van der Waals surface area contributed by atoms with Gasteiger partial charge in [0.25, 0.3) is 0 Å². The molecule has 27 heavy (non-hydrogen) atoms. The number of nitrogens with one attached hydrogen (secondary N) is 2. The van der Waals surface area contributed by atoms with Crippen LogP contribution in [0.3, 0.4) is 0 Å². The molecule has 0 amide bonds. The Morgan fingerprint density at radius 3 is 2.59 bits per heavy atom. The Labute approximate surface area is 178 Å². The number of pyridine rings is 1. The lowest BCUT2D eigenvalue weighted by molar-refractivity contribution is 0.459. The van der Waals surface area contributed by atoms with E-state index in [-0.39, 0.29) is 24.0 Å². The third kappa shape index (κ3) is 5.85. The summed E-state index contributed by atoms with van der Waals surface area (Å²) in [6.07, 6.45) is 2.14. The van der Waals surface area contributed by atoms with Crippen molar-refractivity contribution in [2.45, 2.75) is 46.2 Å². The van der Waals surface area contributed by atoms with Gasteiger partial charge in [-0.2, -0.15) is 0 Å². The SMILES string of the molecule is CN=C(NCc1cc(C)oc1C)NC1CCN(c2cccc(C)n2)CC1.I. The normalized spacial score (nSPS) is 15.4. The molecule has 0 aromatic carbocycles. The highest BCUT2D eigenvalue weighted by Gasteiger charge is 2.21. The number of hydrogen-bond acceptors (Lipinski definition) is 4. The maximum Gasteiger partial charge on any atom is 0.191 e. The zero-order chi connectivity index (χ0) is 18.5. The minimum Gasteiger partial charge on any atom is -0.466 e. The first-order valence-corrected chi connectivity index (χ1v) is 9.27. The van der Waals surface area contributed by atoms with E-state index in [0.29, 0.717) is 6.04 Å². The van der Waals surface area contributed by atoms with Crippen molar-refractivity contribution in [1.29, 1.82) is 0 Å². The summed E-state index contributed by atoms with van der Waals surface area (Å²) in [5.41, 5.74) is 2.24. The summed E-state index contributed by atoms with van der Waals surface area (Å²) in [5.74, 6) is 3.83. The first-order valence-electron chi connectivity index (χ1n) is 9.27. The van der Waals surface area contributed by atoms with Gasteiger partial charge in [-0.15, -0.1) is 24.0 Å². The number of aromatic nitrogens is 1. The van der Waals surface area contributed by atoms with Crippen molar-refractivity contribution in [3.63, 3.8) is 0 Å². The fourth-order valence-electron chi connectivity index (χ4n) is 3.38. The van der Waals surface area contributed by atoms with Crippen LogP contribution >= 0.6 is 24.0 Å². The number of piperidine rings is 1. The van der Waals surface area contributed by atoms with E-state index < -0.39 is 0 Å². The van der Waals surface area contributed by atoms with Crippen molar-refractivity contribution in [1.82, 2.24) is 15.6 Å². The predicted molar refractivity (Wildman–Crippen MR) is 121 cm³/mol. The average Bonchev–Trinajstić information content (AvgIpc) is 2.96. The summed E-state index contributed by atoms with van der Waals surface area (Å²) in [6, 6.07) is 8.71. The van der Waals surface area contributed by atoms with Crippen molar-refractivity contribution in [2.75, 3.05) is 25.0 Å². The first kappa shape index (κ1) is 21.5. The fourth-order valence-corrected chi connectivity index (χ4v) is 3.38. The summed E-state index contributed by atoms with van der Waals surface area (Å²) in [7, 11) is 1.81. The molecule has 3 heterocycles. The van der Waals surface area contributed by atoms with Crippen LogP contribution in [0.25, 0.3) is 0 Å². The monoisotopic (exact) mass is 483 g/mol. The molecule has 2 aromatic heterocycles. The summed E-state index contributed by atoms with van der Waals surface area (Å²) in [5, 5.41) is 6.94. The molecule has 0 bridgehead atoms. The van der Waals surface area contributed by atoms with E-state index in [0.717, 1.165) is 61.5 Å². The van der Waals surface area contributed by atoms with Crippen molar-refractivity contribution >= 4 is 35.8 Å². The van der Waals surface area contributed by atoms with Gasteiger partial charge < -0.3 is 20.0 Å². The van der Waals surface area contributed by atoms with Crippen LogP contribution in [0.2, 0.25) is 0 Å². The molecule has 0 radical (unpaired) electrons. The lowest BCUT2D eigenvalue weighted by Gasteiger charge is -2.34. The molecule has 1 fully saturated rings. The molecule has 0 spiro atoms. The molecule has 1 aliphatic heterocycles. The first-order chi connectivity index (χ1) is 12.5. The fraction of sp³-hybridized carbons (Fsp3) is 0.500. The lowest BCUT2D eigenvalue weighted by atomic mass is 10.1. The van der Waals surface area contributed by atoms with Crippen LogP contribution < -0.4 is 15.5 Å². The summed E-state index contributed by atoms with van der Waals surface area (Å²) in [4.78, 5) is 11.4. The molecule has 0 saturated carbocycles. The van der Waals surface area contributed by atoms with Gasteiger partial charge in [0.2, 0.25) is 0 Å². The smallest absolute Gasteiger partial charge is 0.191 e. The van der Waals surface area contributed by atoms with Gasteiger partial charge in [0.1, 0.15) is 17.3 Å². The van der Waals surface area contributed by atoms with Crippen LogP contribution in [0, 0.1) is 20.8 Å². The zero-order valence-corrected chi connectivity index (χ0v) is 18.9. The molecule has 2 N–H and O–H groups in total. The zero-order valence-electron chi connectivity index (χ0n) is 16.6. The molecular formula is C20H30IN5O. The van der Waals surface area contributed by atoms with E-state index >= 15 is 0 Å². The number of furan rings is 1. The standard InChI is InChI=1S/C20H29N5O.HI/c1-14-6-5-7-19(23-14)25-10-8-18(9-11-25)24-20(21-4)22-13-17-12-15(2)26-16(17)3;/h5-7,12,18H,8-11,13H2,1-4H3,(H2,21,22,24);1H. The second-order valence-electron chi connectivity index (χ2n) is 6.91. The topological polar surface area (TPSA) is 65.7 Å². The predicted octanol–water partition coefficient (Wildman–Crippen LogP) is 3.55. The van der Waals surface area contributed by atoms with Crippen LogP contribution in [-0.4, -0.2) is 37.1 Å². The van der Waals surface area contributed by atoms with Crippen LogP contribution in [0.4, 0.5) is 5.82 Å². The highest BCUT2D eigenvalue weighted by molar-refractivity contribution is 14.0. The molecule has 1 aliphatic rings. The molecule has 0 aliphatic carbocycles. The second kappa shape index (κ2) is 9.96. The molecular weight excluding hydrogens is 453 g/mol. The minimum absolute atomic E-state index is 0. The van der Waals surface area contributed by atoms with Gasteiger partial charge in [-0.05, 0) is 51.8 Å². The van der Waals surface area contributed by atoms with Gasteiger partial charge in [-0.25, -0.2) is 4.98 Å². The number of hydrogen-bond donors (Lipinski definition) is 2. The van der Waals surface area contributed by atoms with Gasteiger partial charge in [-0.1, -0.05) is 6.07 Å². The quantitative estimate of drug-likeness (QED) is 0.396. The highest BCUT2D eigenvalue weighted by atomic mass is 127. The van der Waals surface area contributed by atoms with Crippen molar-refractivity contribution < 1.29 is 4.42 Å². The minimum atomic E-state index is 0. The molecule has 148 valence electrons. The van der Waals surface area contributed by atoms with Crippen LogP contribution in [0.5, 0.6) is 0 Å². The third-order valence-electron chi connectivity index (χ3n) is 4.85. The van der Waals surface area contributed by atoms with E-state index in [9.17, 15) is 0 Å². The Morgan fingerprint density at radius 1 is 1.26 bits per heavy atom. The Hall–Kier alpha value is -1.77. The molecule has 7 heteroatoms. The van der Waals surface area contributed by atoms with Crippen molar-refractivity contribution in [3.8, 4) is 0 Å². The summed E-state index contributed by atoms with van der Waals surface area (Å²) >= 11 is 0. The van der Waals surface area contributed by atoms with Crippen LogP contribution in [0.1, 0.15) is 35.6 Å². The van der Waals surface area contributed by atoms with E-state index in [2.05, 4.69) is 43.7 Å². The van der Waals surface area contributed by atoms with Crippen molar-refractivity contribution in [3.05, 3.63) is 47.0 Å². The van der Waals surface area contributed by atoms with Gasteiger partial charge in [0.05, 0.1) is 0 Å². The Kier molecular flexibility index (Phi) is 7.94. The number of nitrogens with zero attached hydrogens (tertiary/aromatic N) is 3. The van der Waals surface area contributed by atoms with Gasteiger partial charge in [-0.3, -0.25) is 4.99 Å². The second-order valence-corrected chi connectivity index (χ2v) is 6.91. The number of anilines is 1. The molecule has 0 unspecified atom stereocenters. The van der Waals surface area contributed by atoms with Gasteiger partial charge in [0, 0.05) is 44.0 Å². The van der Waals surface area contributed by atoms with Gasteiger partial charge in [0.15, 0.2) is 5.96 Å². The average molecular weight is 483 g/mol. The molecule has 2 aromatic rings. The number of rotatable bonds is 4. The molecule has 3 rings (SSSR count). The molecule has 6 nitrogen and oxygen atoms in total. The van der Waals surface area contributed by atoms with Crippen LogP contribution in [-0.2, 0) is 6.54 Å².